The third-order valence-corrected chi connectivity index (χ3v) is 3.82. The average Bonchev–Trinajstić information content (AvgIpc) is 2.34. The van der Waals surface area contributed by atoms with Gasteiger partial charge in [0.1, 0.15) is 13.2 Å². The lowest BCUT2D eigenvalue weighted by Crippen LogP contribution is -2.16. The Balaban J connectivity index is 2.15. The predicted octanol–water partition coefficient (Wildman–Crippen LogP) is 4.84. The Morgan fingerprint density at radius 3 is 2.37 bits per heavy atom. The van der Waals surface area contributed by atoms with Gasteiger partial charge in [0.05, 0.1) is 5.38 Å². The van der Waals surface area contributed by atoms with Gasteiger partial charge < -0.3 is 9.47 Å². The van der Waals surface area contributed by atoms with E-state index in [0.29, 0.717) is 34.7 Å². The average molecular weight is 360 g/mol. The third-order valence-electron chi connectivity index (χ3n) is 2.68. The van der Waals surface area contributed by atoms with E-state index in [2.05, 4.69) is 15.9 Å². The fourth-order valence-electron chi connectivity index (χ4n) is 1.77. The molecule has 1 aliphatic rings. The summed E-state index contributed by atoms with van der Waals surface area (Å²) in [6.45, 7) is 0.876. The molecule has 1 atom stereocenters. The number of rotatable bonds is 3. The lowest BCUT2D eigenvalue weighted by molar-refractivity contribution is -0.135. The lowest BCUT2D eigenvalue weighted by atomic mass is 10.1. The third kappa shape index (κ3) is 3.92. The molecule has 7 heteroatoms. The molecule has 1 aliphatic heterocycles. The summed E-state index contributed by atoms with van der Waals surface area (Å²) >= 11 is 9.33. The number of ether oxygens (including phenoxy) is 2. The van der Waals surface area contributed by atoms with Crippen LogP contribution in [-0.2, 0) is 0 Å². The second-order valence-corrected chi connectivity index (χ2v) is 5.52. The molecule has 1 heterocycles. The van der Waals surface area contributed by atoms with E-state index in [4.69, 9.17) is 21.1 Å². The van der Waals surface area contributed by atoms with Crippen molar-refractivity contribution in [2.45, 2.75) is 24.4 Å². The standard InChI is InChI=1S/C12H11BrClF3O2/c13-8-6-11-10(18-3-4-19-11)5-7(8)9(14)1-2-12(15,16)17/h5-6,9H,1-4H2. The minimum absolute atomic E-state index is 0.177. The summed E-state index contributed by atoms with van der Waals surface area (Å²) in [7, 11) is 0. The first-order valence-corrected chi connectivity index (χ1v) is 6.89. The largest absolute Gasteiger partial charge is 0.486 e. The summed E-state index contributed by atoms with van der Waals surface area (Å²) in [5.74, 6) is 1.09. The number of hydrogen-bond acceptors (Lipinski definition) is 2. The molecule has 1 aromatic rings. The van der Waals surface area contributed by atoms with E-state index in [-0.39, 0.29) is 6.42 Å². The quantitative estimate of drug-likeness (QED) is 0.719. The Labute approximate surface area is 122 Å². The summed E-state index contributed by atoms with van der Waals surface area (Å²) in [5, 5.41) is -0.730. The molecular formula is C12H11BrClF3O2. The van der Waals surface area contributed by atoms with Crippen molar-refractivity contribution in [2.24, 2.45) is 0 Å². The summed E-state index contributed by atoms with van der Waals surface area (Å²) in [6, 6.07) is 3.30. The Bertz CT molecular complexity index is 465. The molecule has 2 rings (SSSR count). The highest BCUT2D eigenvalue weighted by Gasteiger charge is 2.29. The van der Waals surface area contributed by atoms with E-state index in [9.17, 15) is 13.2 Å². The molecule has 0 N–H and O–H groups in total. The Morgan fingerprint density at radius 2 is 1.79 bits per heavy atom. The normalized spacial score (nSPS) is 16.3. The Hall–Kier alpha value is -0.620. The van der Waals surface area contributed by atoms with Gasteiger partial charge in [-0.3, -0.25) is 0 Å². The number of halogens is 5. The number of alkyl halides is 4. The molecule has 2 nitrogen and oxygen atoms in total. The van der Waals surface area contributed by atoms with Gasteiger partial charge >= 0.3 is 6.18 Å². The Morgan fingerprint density at radius 1 is 1.21 bits per heavy atom. The number of hydrogen-bond donors (Lipinski definition) is 0. The molecule has 106 valence electrons. The van der Waals surface area contributed by atoms with Crippen LogP contribution in [0.25, 0.3) is 0 Å². The summed E-state index contributed by atoms with van der Waals surface area (Å²) in [4.78, 5) is 0. The number of benzene rings is 1. The predicted molar refractivity (Wildman–Crippen MR) is 69.0 cm³/mol. The molecule has 0 fully saturated rings. The SMILES string of the molecule is FC(F)(F)CCC(Cl)c1cc2c(cc1Br)OCCO2. The highest BCUT2D eigenvalue weighted by atomic mass is 79.9. The fraction of sp³-hybridized carbons (Fsp3) is 0.500. The lowest BCUT2D eigenvalue weighted by Gasteiger charge is -2.21. The second-order valence-electron chi connectivity index (χ2n) is 4.14. The van der Waals surface area contributed by atoms with Crippen molar-refractivity contribution in [3.63, 3.8) is 0 Å². The van der Waals surface area contributed by atoms with Crippen LogP contribution in [0, 0.1) is 0 Å². The molecule has 1 unspecified atom stereocenters. The van der Waals surface area contributed by atoms with Crippen molar-refractivity contribution in [1.82, 2.24) is 0 Å². The first kappa shape index (κ1) is 14.8. The van der Waals surface area contributed by atoms with Gasteiger partial charge in [-0.05, 0) is 24.1 Å². The van der Waals surface area contributed by atoms with Crippen molar-refractivity contribution in [1.29, 1.82) is 0 Å². The van der Waals surface area contributed by atoms with Gasteiger partial charge in [-0.15, -0.1) is 11.6 Å². The molecule has 0 saturated carbocycles. The van der Waals surface area contributed by atoms with Gasteiger partial charge in [0.25, 0.3) is 0 Å². The second kappa shape index (κ2) is 5.79. The molecule has 0 radical (unpaired) electrons. The zero-order valence-corrected chi connectivity index (χ0v) is 12.1. The van der Waals surface area contributed by atoms with Crippen LogP contribution in [0.3, 0.4) is 0 Å². The smallest absolute Gasteiger partial charge is 0.389 e. The highest BCUT2D eigenvalue weighted by molar-refractivity contribution is 9.10. The summed E-state index contributed by atoms with van der Waals surface area (Å²) in [5.41, 5.74) is 0.579. The van der Waals surface area contributed by atoms with E-state index in [1.165, 1.54) is 0 Å². The Kier molecular flexibility index (Phi) is 4.50. The van der Waals surface area contributed by atoms with Crippen LogP contribution in [0.1, 0.15) is 23.8 Å². The topological polar surface area (TPSA) is 18.5 Å². The van der Waals surface area contributed by atoms with Crippen molar-refractivity contribution in [3.05, 3.63) is 22.2 Å². The van der Waals surface area contributed by atoms with Gasteiger partial charge in [0.15, 0.2) is 11.5 Å². The minimum atomic E-state index is -4.20. The van der Waals surface area contributed by atoms with Gasteiger partial charge in [-0.2, -0.15) is 13.2 Å². The fourth-order valence-corrected chi connectivity index (χ4v) is 2.79. The van der Waals surface area contributed by atoms with Crippen LogP contribution >= 0.6 is 27.5 Å². The molecule has 0 aromatic heterocycles. The monoisotopic (exact) mass is 358 g/mol. The zero-order valence-electron chi connectivity index (χ0n) is 9.77. The maximum Gasteiger partial charge on any atom is 0.389 e. The first-order valence-electron chi connectivity index (χ1n) is 5.66. The molecular weight excluding hydrogens is 348 g/mol. The zero-order chi connectivity index (χ0) is 14.0. The molecule has 0 bridgehead atoms. The first-order chi connectivity index (χ1) is 8.87. The van der Waals surface area contributed by atoms with E-state index in [0.717, 1.165) is 0 Å². The highest BCUT2D eigenvalue weighted by Crippen LogP contribution is 2.41. The van der Waals surface area contributed by atoms with Gasteiger partial charge in [-0.25, -0.2) is 0 Å². The van der Waals surface area contributed by atoms with Crippen molar-refractivity contribution in [3.8, 4) is 11.5 Å². The van der Waals surface area contributed by atoms with Crippen molar-refractivity contribution >= 4 is 27.5 Å². The van der Waals surface area contributed by atoms with Crippen LogP contribution in [0.5, 0.6) is 11.5 Å². The molecule has 0 aliphatic carbocycles. The van der Waals surface area contributed by atoms with E-state index < -0.39 is 18.0 Å². The van der Waals surface area contributed by atoms with Gasteiger partial charge in [0, 0.05) is 10.9 Å². The van der Waals surface area contributed by atoms with Crippen LogP contribution in [0.15, 0.2) is 16.6 Å². The van der Waals surface area contributed by atoms with Gasteiger partial charge in [0.2, 0.25) is 0 Å². The summed E-state index contributed by atoms with van der Waals surface area (Å²) < 4.78 is 48.0. The maximum atomic E-state index is 12.2. The van der Waals surface area contributed by atoms with E-state index >= 15 is 0 Å². The molecule has 1 aromatic carbocycles. The van der Waals surface area contributed by atoms with Crippen molar-refractivity contribution < 1.29 is 22.6 Å². The summed E-state index contributed by atoms with van der Waals surface area (Å²) in [6.07, 6.45) is -5.29. The van der Waals surface area contributed by atoms with Crippen molar-refractivity contribution in [2.75, 3.05) is 13.2 Å². The van der Waals surface area contributed by atoms with E-state index in [1.807, 2.05) is 0 Å². The van der Waals surface area contributed by atoms with Crippen LogP contribution < -0.4 is 9.47 Å². The molecule has 0 amide bonds. The van der Waals surface area contributed by atoms with Crippen LogP contribution in [0.2, 0.25) is 0 Å². The minimum Gasteiger partial charge on any atom is -0.486 e. The molecule has 0 spiro atoms. The molecule has 0 saturated heterocycles. The van der Waals surface area contributed by atoms with Gasteiger partial charge in [-0.1, -0.05) is 15.9 Å². The van der Waals surface area contributed by atoms with Crippen LogP contribution in [-0.4, -0.2) is 19.4 Å². The maximum absolute atomic E-state index is 12.2. The van der Waals surface area contributed by atoms with E-state index in [1.54, 1.807) is 12.1 Å². The van der Waals surface area contributed by atoms with Crippen LogP contribution in [0.4, 0.5) is 13.2 Å². The molecule has 19 heavy (non-hydrogen) atoms. The number of fused-ring (bicyclic) bond motifs is 1.